The fourth-order valence-electron chi connectivity index (χ4n) is 7.36. The molecule has 8 atom stereocenters. The van der Waals surface area contributed by atoms with E-state index in [0.29, 0.717) is 28.2 Å². The molecule has 7 rings (SSSR count). The van der Waals surface area contributed by atoms with Gasteiger partial charge in [0.05, 0.1) is 17.8 Å². The maximum atomic E-state index is 10.4. The summed E-state index contributed by atoms with van der Waals surface area (Å²) in [5, 5.41) is 0. The van der Waals surface area contributed by atoms with Gasteiger partial charge in [-0.3, -0.25) is 9.78 Å². The third-order valence-corrected chi connectivity index (χ3v) is 12.2. The molecule has 0 unspecified atom stereocenters. The summed E-state index contributed by atoms with van der Waals surface area (Å²) in [5.41, 5.74) is 3.86. The average Bonchev–Trinajstić information content (AvgIpc) is 2.76. The lowest BCUT2D eigenvalue weighted by Gasteiger charge is -2.62. The van der Waals surface area contributed by atoms with E-state index in [9.17, 15) is 4.79 Å². The van der Waals surface area contributed by atoms with Gasteiger partial charge in [0.1, 0.15) is 0 Å². The molecule has 0 aliphatic heterocycles. The summed E-state index contributed by atoms with van der Waals surface area (Å²) >= 11 is 10.5. The summed E-state index contributed by atoms with van der Waals surface area (Å²) in [7, 11) is 0. The van der Waals surface area contributed by atoms with Gasteiger partial charge in [-0.15, -0.1) is 0 Å². The van der Waals surface area contributed by atoms with Gasteiger partial charge in [0.25, 0.3) is 0 Å². The van der Waals surface area contributed by atoms with Gasteiger partial charge >= 0.3 is 0 Å². The fourth-order valence-corrected chi connectivity index (χ4v) is 10.0. The number of nitrogens with zero attached hydrogens (tertiary/aromatic N) is 1. The highest BCUT2D eigenvalue weighted by atomic mass is 32.9. The first-order chi connectivity index (χ1) is 15.7. The van der Waals surface area contributed by atoms with E-state index in [4.69, 9.17) is 38.8 Å². The standard InChI is InChI=1S/C20H35O2PS2.C6H6N2O/c1-11-15-7-13(19(15,3)4)9-17(11)21-23(24,25)22-18-10-14-8-16(12(18)2)20(14,5)6;7-6(9)5-2-1-3-8-4-5/h11-18H,7-10H2,1-6H3,(H,24,25);1-4H,(H2,7,9)/t11-,12-,13+,14+,15-,16-,17-,18-;/m0./s1. The second-order valence-corrected chi connectivity index (χ2v) is 17.5. The molecule has 0 spiro atoms. The molecule has 6 saturated carbocycles. The van der Waals surface area contributed by atoms with Crippen LogP contribution >= 0.6 is 17.9 Å². The number of carbonyl (C=O) groups excluding carboxylic acids is 1. The van der Waals surface area contributed by atoms with Crippen molar-refractivity contribution in [2.75, 3.05) is 0 Å². The number of thiol groups is 1. The molecule has 8 heteroatoms. The number of primary amides is 1. The van der Waals surface area contributed by atoms with Crippen LogP contribution in [-0.2, 0) is 20.9 Å². The number of rotatable bonds is 5. The first kappa shape index (κ1) is 26.6. The van der Waals surface area contributed by atoms with Crippen LogP contribution in [0, 0.1) is 46.3 Å². The van der Waals surface area contributed by atoms with Crippen molar-refractivity contribution in [1.29, 1.82) is 0 Å². The van der Waals surface area contributed by atoms with E-state index >= 15 is 0 Å². The second kappa shape index (κ2) is 9.45. The zero-order chi connectivity index (χ0) is 25.1. The number of hydrogen-bond acceptors (Lipinski definition) is 5. The van der Waals surface area contributed by atoms with E-state index in [2.05, 4.69) is 46.5 Å². The third-order valence-electron chi connectivity index (χ3n) is 10.1. The van der Waals surface area contributed by atoms with Crippen LogP contribution in [0.2, 0.25) is 0 Å². The fraction of sp³-hybridized carbons (Fsp3) is 0.769. The van der Waals surface area contributed by atoms with Crippen molar-refractivity contribution in [2.24, 2.45) is 52.1 Å². The summed E-state index contributed by atoms with van der Waals surface area (Å²) in [4.78, 5) is 14.1. The molecule has 34 heavy (non-hydrogen) atoms. The Morgan fingerprint density at radius 2 is 1.50 bits per heavy atom. The van der Waals surface area contributed by atoms with E-state index in [-0.39, 0.29) is 12.2 Å². The van der Waals surface area contributed by atoms with Gasteiger partial charge in [0.15, 0.2) is 0 Å². The Balaban J connectivity index is 0.000000257. The van der Waals surface area contributed by atoms with Gasteiger partial charge < -0.3 is 14.8 Å². The predicted molar refractivity (Wildman–Crippen MR) is 144 cm³/mol. The molecule has 0 aromatic carbocycles. The topological polar surface area (TPSA) is 74.4 Å². The van der Waals surface area contributed by atoms with Crippen molar-refractivity contribution >= 4 is 35.7 Å². The number of amides is 1. The Labute approximate surface area is 215 Å². The van der Waals surface area contributed by atoms with Gasteiger partial charge in [0, 0.05) is 12.4 Å². The summed E-state index contributed by atoms with van der Waals surface area (Å²) in [6.45, 7) is 14.4. The molecule has 4 bridgehead atoms. The number of hydrogen-bond donors (Lipinski definition) is 2. The molecule has 1 heterocycles. The molecule has 6 fully saturated rings. The minimum atomic E-state index is -2.47. The van der Waals surface area contributed by atoms with Crippen molar-refractivity contribution in [3.05, 3.63) is 30.1 Å². The lowest BCUT2D eigenvalue weighted by molar-refractivity contribution is -0.157. The molecule has 6 aliphatic rings. The van der Waals surface area contributed by atoms with Gasteiger partial charge in [-0.1, -0.05) is 53.8 Å². The Hall–Kier alpha value is -0.460. The minimum Gasteiger partial charge on any atom is -0.366 e. The Morgan fingerprint density at radius 3 is 1.79 bits per heavy atom. The van der Waals surface area contributed by atoms with Crippen molar-refractivity contribution < 1.29 is 13.8 Å². The molecular weight excluding hydrogens is 483 g/mol. The summed E-state index contributed by atoms with van der Waals surface area (Å²) in [6, 6.07) is 3.29. The highest BCUT2D eigenvalue weighted by molar-refractivity contribution is 8.60. The van der Waals surface area contributed by atoms with Crippen LogP contribution in [0.15, 0.2) is 24.5 Å². The first-order valence-electron chi connectivity index (χ1n) is 12.6. The highest BCUT2D eigenvalue weighted by Gasteiger charge is 2.59. The van der Waals surface area contributed by atoms with Crippen molar-refractivity contribution in [1.82, 2.24) is 4.98 Å². The van der Waals surface area contributed by atoms with Gasteiger partial charge in [-0.25, -0.2) is 0 Å². The molecule has 0 radical (unpaired) electrons. The summed E-state index contributed by atoms with van der Waals surface area (Å²) in [6.07, 6.45) is 8.49. The first-order valence-corrected chi connectivity index (χ1v) is 16.4. The molecule has 6 aliphatic carbocycles. The van der Waals surface area contributed by atoms with E-state index in [0.717, 1.165) is 36.5 Å². The smallest absolute Gasteiger partial charge is 0.250 e. The zero-order valence-corrected chi connectivity index (χ0v) is 23.9. The number of aromatic nitrogens is 1. The maximum Gasteiger partial charge on any atom is 0.250 e. The van der Waals surface area contributed by atoms with Crippen LogP contribution in [0.25, 0.3) is 0 Å². The number of carbonyl (C=O) groups is 1. The average molecular weight is 525 g/mol. The normalized spacial score (nSPS) is 39.0. The summed E-state index contributed by atoms with van der Waals surface area (Å²) in [5.74, 6) is 3.78. The molecule has 190 valence electrons. The monoisotopic (exact) mass is 524 g/mol. The number of pyridine rings is 1. The summed E-state index contributed by atoms with van der Waals surface area (Å²) < 4.78 is 12.8. The Kier molecular flexibility index (Phi) is 7.39. The van der Waals surface area contributed by atoms with Crippen LogP contribution < -0.4 is 5.73 Å². The van der Waals surface area contributed by atoms with Gasteiger partial charge in [-0.05, 0) is 96.0 Å². The number of fused-ring (bicyclic) bond motifs is 4. The van der Waals surface area contributed by atoms with Crippen molar-refractivity contribution in [2.45, 2.75) is 79.4 Å². The SMILES string of the molecule is C[C@@H]1[C@@H](OP(=S)(S)O[C@H]2C[C@H]3C[C@@H]([C@@H]2C)C3(C)C)C[C@H]2C[C@@H]1C2(C)C.NC(=O)c1cccnc1. The lowest BCUT2D eigenvalue weighted by atomic mass is 9.45. The lowest BCUT2D eigenvalue weighted by Crippen LogP contribution is -2.57. The van der Waals surface area contributed by atoms with Crippen LogP contribution in [0.5, 0.6) is 0 Å². The Morgan fingerprint density at radius 1 is 1.03 bits per heavy atom. The van der Waals surface area contributed by atoms with E-state index in [1.807, 2.05) is 0 Å². The van der Waals surface area contributed by atoms with Crippen molar-refractivity contribution in [3.63, 3.8) is 0 Å². The van der Waals surface area contributed by atoms with Crippen LogP contribution in [0.4, 0.5) is 0 Å². The molecule has 1 aromatic heterocycles. The molecule has 2 N–H and O–H groups in total. The number of nitrogens with two attached hydrogens (primary N) is 1. The van der Waals surface area contributed by atoms with E-state index in [1.165, 1.54) is 19.0 Å². The van der Waals surface area contributed by atoms with E-state index < -0.39 is 11.6 Å². The predicted octanol–water partition coefficient (Wildman–Crippen LogP) is 6.50. The second-order valence-electron chi connectivity index (χ2n) is 12.3. The largest absolute Gasteiger partial charge is 0.366 e. The molecular formula is C26H41N2O3PS2. The van der Waals surface area contributed by atoms with Crippen LogP contribution in [-0.4, -0.2) is 23.1 Å². The highest BCUT2D eigenvalue weighted by Crippen LogP contribution is 2.68. The Bertz CT molecular complexity index is 909. The maximum absolute atomic E-state index is 10.4. The van der Waals surface area contributed by atoms with Crippen LogP contribution in [0.1, 0.15) is 77.6 Å². The van der Waals surface area contributed by atoms with Crippen LogP contribution in [0.3, 0.4) is 0 Å². The molecule has 5 nitrogen and oxygen atoms in total. The quantitative estimate of drug-likeness (QED) is 0.340. The van der Waals surface area contributed by atoms with Gasteiger partial charge in [0.2, 0.25) is 11.6 Å². The minimum absolute atomic E-state index is 0.241. The molecule has 1 aromatic rings. The molecule has 0 saturated heterocycles. The van der Waals surface area contributed by atoms with E-state index in [1.54, 1.807) is 18.3 Å². The third kappa shape index (κ3) is 4.89. The zero-order valence-electron chi connectivity index (χ0n) is 21.3. The van der Waals surface area contributed by atoms with Gasteiger partial charge in [-0.2, -0.15) is 0 Å². The van der Waals surface area contributed by atoms with Crippen molar-refractivity contribution in [3.8, 4) is 0 Å². The molecule has 1 amide bonds.